The zero-order valence-electron chi connectivity index (χ0n) is 14.5. The second-order valence-corrected chi connectivity index (χ2v) is 5.37. The van der Waals surface area contributed by atoms with Gasteiger partial charge in [0.2, 0.25) is 0 Å². The summed E-state index contributed by atoms with van der Waals surface area (Å²) in [6.45, 7) is 0. The van der Waals surface area contributed by atoms with Crippen molar-refractivity contribution in [1.29, 1.82) is 0 Å². The van der Waals surface area contributed by atoms with Crippen LogP contribution in [0.3, 0.4) is 0 Å². The summed E-state index contributed by atoms with van der Waals surface area (Å²) in [4.78, 5) is 16.0. The normalized spacial score (nSPS) is 10.5. The quantitative estimate of drug-likeness (QED) is 0.699. The monoisotopic (exact) mass is 356 g/mol. The first kappa shape index (κ1) is 17.5. The lowest BCUT2D eigenvalue weighted by molar-refractivity contribution is 0.0594. The predicted octanol–water partition coefficient (Wildman–Crippen LogP) is 3.92. The minimum absolute atomic E-state index is 0.0000727. The SMILES string of the molecule is COC(=O)c1cc(Nc2ccc(OC)cc2OC)c2cccc(F)c2n1. The fourth-order valence-corrected chi connectivity index (χ4v) is 2.57. The summed E-state index contributed by atoms with van der Waals surface area (Å²) in [5.41, 5.74) is 1.20. The first-order valence-corrected chi connectivity index (χ1v) is 7.74. The van der Waals surface area contributed by atoms with E-state index in [1.54, 1.807) is 37.4 Å². The molecule has 0 radical (unpaired) electrons. The molecular weight excluding hydrogens is 339 g/mol. The van der Waals surface area contributed by atoms with E-state index < -0.39 is 11.8 Å². The van der Waals surface area contributed by atoms with Crippen molar-refractivity contribution in [2.45, 2.75) is 0 Å². The summed E-state index contributed by atoms with van der Waals surface area (Å²) in [6.07, 6.45) is 0. The maximum Gasteiger partial charge on any atom is 0.356 e. The Kier molecular flexibility index (Phi) is 4.88. The lowest BCUT2D eigenvalue weighted by Gasteiger charge is -2.15. The van der Waals surface area contributed by atoms with Gasteiger partial charge >= 0.3 is 5.97 Å². The number of nitrogens with zero attached hydrogens (tertiary/aromatic N) is 1. The number of rotatable bonds is 5. The van der Waals surface area contributed by atoms with Crippen LogP contribution in [0.25, 0.3) is 10.9 Å². The van der Waals surface area contributed by atoms with E-state index in [1.165, 1.54) is 26.4 Å². The minimum atomic E-state index is -0.653. The van der Waals surface area contributed by atoms with Crippen LogP contribution in [0.15, 0.2) is 42.5 Å². The maximum absolute atomic E-state index is 14.2. The van der Waals surface area contributed by atoms with Crippen molar-refractivity contribution in [3.05, 3.63) is 54.0 Å². The van der Waals surface area contributed by atoms with Gasteiger partial charge in [0.1, 0.15) is 22.8 Å². The molecule has 2 aromatic carbocycles. The number of fused-ring (bicyclic) bond motifs is 1. The molecule has 0 bridgehead atoms. The largest absolute Gasteiger partial charge is 0.497 e. The third kappa shape index (κ3) is 3.23. The van der Waals surface area contributed by atoms with E-state index in [4.69, 9.17) is 14.2 Å². The van der Waals surface area contributed by atoms with Gasteiger partial charge < -0.3 is 19.5 Å². The summed E-state index contributed by atoms with van der Waals surface area (Å²) in [5, 5.41) is 3.69. The number of esters is 1. The van der Waals surface area contributed by atoms with Crippen LogP contribution in [0.1, 0.15) is 10.5 Å². The van der Waals surface area contributed by atoms with Gasteiger partial charge in [-0.2, -0.15) is 0 Å². The number of hydrogen-bond donors (Lipinski definition) is 1. The Balaban J connectivity index is 2.15. The van der Waals surface area contributed by atoms with Crippen LogP contribution in [0, 0.1) is 5.82 Å². The van der Waals surface area contributed by atoms with Crippen molar-refractivity contribution >= 4 is 28.2 Å². The highest BCUT2D eigenvalue weighted by atomic mass is 19.1. The lowest BCUT2D eigenvalue weighted by Crippen LogP contribution is -2.07. The number of benzene rings is 2. The summed E-state index contributed by atoms with van der Waals surface area (Å²) in [7, 11) is 4.34. The highest BCUT2D eigenvalue weighted by molar-refractivity contribution is 5.99. The number of aromatic nitrogens is 1. The van der Waals surface area contributed by atoms with Crippen molar-refractivity contribution in [3.8, 4) is 11.5 Å². The Morgan fingerprint density at radius 2 is 1.85 bits per heavy atom. The molecule has 26 heavy (non-hydrogen) atoms. The van der Waals surface area contributed by atoms with Crippen molar-refractivity contribution in [2.75, 3.05) is 26.6 Å². The van der Waals surface area contributed by atoms with E-state index in [1.807, 2.05) is 0 Å². The van der Waals surface area contributed by atoms with E-state index in [0.717, 1.165) is 0 Å². The number of pyridine rings is 1. The Hall–Kier alpha value is -3.35. The van der Waals surface area contributed by atoms with E-state index >= 15 is 0 Å². The van der Waals surface area contributed by atoms with E-state index in [9.17, 15) is 9.18 Å². The molecule has 6 nitrogen and oxygen atoms in total. The molecule has 1 N–H and O–H groups in total. The zero-order valence-corrected chi connectivity index (χ0v) is 14.5. The average molecular weight is 356 g/mol. The number of nitrogens with one attached hydrogen (secondary N) is 1. The van der Waals surface area contributed by atoms with Crippen molar-refractivity contribution in [1.82, 2.24) is 4.98 Å². The molecule has 1 aromatic heterocycles. The number of carbonyl (C=O) groups is 1. The van der Waals surface area contributed by atoms with Crippen LogP contribution >= 0.6 is 0 Å². The molecule has 134 valence electrons. The maximum atomic E-state index is 14.2. The van der Waals surface area contributed by atoms with Gasteiger partial charge in [0, 0.05) is 11.5 Å². The zero-order chi connectivity index (χ0) is 18.7. The van der Waals surface area contributed by atoms with Gasteiger partial charge in [-0.25, -0.2) is 14.2 Å². The van der Waals surface area contributed by atoms with Gasteiger partial charge in [-0.05, 0) is 24.3 Å². The Morgan fingerprint density at radius 3 is 2.54 bits per heavy atom. The van der Waals surface area contributed by atoms with Crippen LogP contribution in [0.2, 0.25) is 0 Å². The van der Waals surface area contributed by atoms with E-state index in [-0.39, 0.29) is 11.2 Å². The molecule has 0 aliphatic heterocycles. The van der Waals surface area contributed by atoms with Gasteiger partial charge in [0.25, 0.3) is 0 Å². The lowest BCUT2D eigenvalue weighted by atomic mass is 10.1. The second kappa shape index (κ2) is 7.26. The molecule has 0 aliphatic carbocycles. The standard InChI is InChI=1S/C19H17FN2O4/c1-24-11-7-8-14(17(9-11)25-2)21-15-10-16(19(23)26-3)22-18-12(15)5-4-6-13(18)20/h4-10H,1-3H3,(H,21,22). The van der Waals surface area contributed by atoms with Gasteiger partial charge in [-0.1, -0.05) is 12.1 Å². The minimum Gasteiger partial charge on any atom is -0.497 e. The molecule has 0 amide bonds. The fourth-order valence-electron chi connectivity index (χ4n) is 2.57. The van der Waals surface area contributed by atoms with E-state index in [0.29, 0.717) is 28.3 Å². The molecule has 3 rings (SSSR count). The number of ether oxygens (including phenoxy) is 3. The number of anilines is 2. The van der Waals surface area contributed by atoms with Crippen molar-refractivity contribution < 1.29 is 23.4 Å². The number of halogens is 1. The van der Waals surface area contributed by atoms with Crippen LogP contribution in [0.4, 0.5) is 15.8 Å². The first-order chi connectivity index (χ1) is 12.6. The first-order valence-electron chi connectivity index (χ1n) is 7.74. The third-order valence-electron chi connectivity index (χ3n) is 3.86. The molecule has 0 aliphatic rings. The Morgan fingerprint density at radius 1 is 1.04 bits per heavy atom. The smallest absolute Gasteiger partial charge is 0.356 e. The number of para-hydroxylation sites is 1. The van der Waals surface area contributed by atoms with Gasteiger partial charge in [0.15, 0.2) is 5.69 Å². The molecule has 0 spiro atoms. The molecule has 1 heterocycles. The fraction of sp³-hybridized carbons (Fsp3) is 0.158. The van der Waals surface area contributed by atoms with Crippen LogP contribution in [0.5, 0.6) is 11.5 Å². The Bertz CT molecular complexity index is 975. The molecule has 3 aromatic rings. The molecule has 0 unspecified atom stereocenters. The van der Waals surface area contributed by atoms with E-state index in [2.05, 4.69) is 10.3 Å². The molecule has 0 fully saturated rings. The molecule has 0 saturated heterocycles. The molecule has 0 atom stereocenters. The Labute approximate surface area is 149 Å². The van der Waals surface area contributed by atoms with Crippen molar-refractivity contribution in [3.63, 3.8) is 0 Å². The topological polar surface area (TPSA) is 69.7 Å². The van der Waals surface area contributed by atoms with Crippen LogP contribution in [-0.4, -0.2) is 32.3 Å². The summed E-state index contributed by atoms with van der Waals surface area (Å²) >= 11 is 0. The van der Waals surface area contributed by atoms with Crippen LogP contribution in [-0.2, 0) is 4.74 Å². The van der Waals surface area contributed by atoms with Gasteiger partial charge in [0.05, 0.1) is 32.7 Å². The van der Waals surface area contributed by atoms with Gasteiger partial charge in [-0.3, -0.25) is 0 Å². The van der Waals surface area contributed by atoms with Crippen molar-refractivity contribution in [2.24, 2.45) is 0 Å². The number of methoxy groups -OCH3 is 3. The summed E-state index contributed by atoms with van der Waals surface area (Å²) < 4.78 is 29.5. The molecule has 7 heteroatoms. The molecule has 0 saturated carbocycles. The summed E-state index contributed by atoms with van der Waals surface area (Å²) in [6, 6.07) is 11.3. The predicted molar refractivity (Wildman–Crippen MR) is 95.9 cm³/mol. The third-order valence-corrected chi connectivity index (χ3v) is 3.86. The highest BCUT2D eigenvalue weighted by Gasteiger charge is 2.16. The van der Waals surface area contributed by atoms with Gasteiger partial charge in [-0.15, -0.1) is 0 Å². The number of hydrogen-bond acceptors (Lipinski definition) is 6. The average Bonchev–Trinajstić information content (AvgIpc) is 2.68. The highest BCUT2D eigenvalue weighted by Crippen LogP contribution is 2.34. The van der Waals surface area contributed by atoms with Crippen LogP contribution < -0.4 is 14.8 Å². The second-order valence-electron chi connectivity index (χ2n) is 5.37. The molecular formula is C19H17FN2O4. The number of carbonyl (C=O) groups excluding carboxylic acids is 1. The summed E-state index contributed by atoms with van der Waals surface area (Å²) in [5.74, 6) is -0.0171.